The van der Waals surface area contributed by atoms with E-state index in [1.54, 1.807) is 0 Å². The van der Waals surface area contributed by atoms with Gasteiger partial charge in [0, 0.05) is 18.6 Å². The maximum Gasteiger partial charge on any atom is 0.0763 e. The van der Waals surface area contributed by atoms with Gasteiger partial charge in [0.25, 0.3) is 0 Å². The fourth-order valence-electron chi connectivity index (χ4n) is 1.96. The predicted molar refractivity (Wildman–Crippen MR) is 74.6 cm³/mol. The number of nitrogen functional groups attached to an aromatic ring is 1. The first-order chi connectivity index (χ1) is 8.09. The number of likely N-dealkylation sites (N-methyl/N-ethyl adjacent to an activating group) is 1. The molecule has 0 saturated heterocycles. The highest BCUT2D eigenvalue weighted by molar-refractivity contribution is 6.33. The molecule has 0 amide bonds. The van der Waals surface area contributed by atoms with E-state index in [9.17, 15) is 0 Å². The van der Waals surface area contributed by atoms with Crippen molar-refractivity contribution >= 4 is 23.0 Å². The zero-order chi connectivity index (χ0) is 12.4. The molecule has 0 aromatic heterocycles. The lowest BCUT2D eigenvalue weighted by Crippen LogP contribution is -2.36. The van der Waals surface area contributed by atoms with Gasteiger partial charge in [-0.3, -0.25) is 4.90 Å². The third kappa shape index (κ3) is 3.05. The number of para-hydroxylation sites is 1. The van der Waals surface area contributed by atoms with Crippen LogP contribution in [0.25, 0.3) is 0 Å². The number of nitrogens with zero attached hydrogens (tertiary/aromatic N) is 1. The zero-order valence-electron chi connectivity index (χ0n) is 10.4. The Morgan fingerprint density at radius 2 is 2.24 bits per heavy atom. The minimum Gasteiger partial charge on any atom is -0.397 e. The highest BCUT2D eigenvalue weighted by atomic mass is 35.5. The van der Waals surface area contributed by atoms with Crippen LogP contribution in [0.3, 0.4) is 0 Å². The number of rotatable bonds is 5. The van der Waals surface area contributed by atoms with E-state index in [-0.39, 0.29) is 0 Å². The van der Waals surface area contributed by atoms with Crippen molar-refractivity contribution in [1.29, 1.82) is 0 Å². The Morgan fingerprint density at radius 1 is 1.53 bits per heavy atom. The van der Waals surface area contributed by atoms with Crippen molar-refractivity contribution < 1.29 is 0 Å². The Balaban J connectivity index is 1.92. The topological polar surface area (TPSA) is 41.3 Å². The van der Waals surface area contributed by atoms with E-state index < -0.39 is 0 Å². The quantitative estimate of drug-likeness (QED) is 0.793. The van der Waals surface area contributed by atoms with Gasteiger partial charge in [0.05, 0.1) is 16.4 Å². The molecule has 1 atom stereocenters. The van der Waals surface area contributed by atoms with E-state index >= 15 is 0 Å². The third-order valence-electron chi connectivity index (χ3n) is 3.44. The van der Waals surface area contributed by atoms with Crippen molar-refractivity contribution in [3.8, 4) is 0 Å². The summed E-state index contributed by atoms with van der Waals surface area (Å²) in [6, 6.07) is 6.84. The standard InChI is InChI=1S/C13H20ClN3/c1-9(17(2)10-6-7-10)8-16-13-11(14)4-3-5-12(13)15/h3-5,9-10,16H,6-8,15H2,1-2H3. The molecule has 4 heteroatoms. The Hall–Kier alpha value is -0.930. The molecule has 17 heavy (non-hydrogen) atoms. The maximum atomic E-state index is 6.11. The Labute approximate surface area is 108 Å². The summed E-state index contributed by atoms with van der Waals surface area (Å²) < 4.78 is 0. The first-order valence-corrected chi connectivity index (χ1v) is 6.47. The summed E-state index contributed by atoms with van der Waals surface area (Å²) in [4.78, 5) is 2.42. The van der Waals surface area contributed by atoms with Crippen molar-refractivity contribution in [2.24, 2.45) is 0 Å². The normalized spacial score (nSPS) is 17.2. The lowest BCUT2D eigenvalue weighted by atomic mass is 10.2. The van der Waals surface area contributed by atoms with E-state index in [2.05, 4.69) is 24.2 Å². The molecule has 1 aromatic carbocycles. The molecule has 1 aliphatic rings. The van der Waals surface area contributed by atoms with E-state index in [1.807, 2.05) is 18.2 Å². The van der Waals surface area contributed by atoms with Crippen molar-refractivity contribution in [3.63, 3.8) is 0 Å². The smallest absolute Gasteiger partial charge is 0.0763 e. The Bertz CT molecular complexity index is 370. The summed E-state index contributed by atoms with van der Waals surface area (Å²) in [5.74, 6) is 0. The van der Waals surface area contributed by atoms with Gasteiger partial charge in [-0.15, -0.1) is 0 Å². The second kappa shape index (κ2) is 5.15. The summed E-state index contributed by atoms with van der Waals surface area (Å²) >= 11 is 6.11. The zero-order valence-corrected chi connectivity index (χ0v) is 11.2. The second-order valence-corrected chi connectivity index (χ2v) is 5.24. The van der Waals surface area contributed by atoms with Gasteiger partial charge in [-0.2, -0.15) is 0 Å². The fourth-order valence-corrected chi connectivity index (χ4v) is 2.21. The van der Waals surface area contributed by atoms with Gasteiger partial charge in [0.15, 0.2) is 0 Å². The average Bonchev–Trinajstić information content (AvgIpc) is 3.11. The van der Waals surface area contributed by atoms with Crippen LogP contribution >= 0.6 is 11.6 Å². The summed E-state index contributed by atoms with van der Waals surface area (Å²) in [6.07, 6.45) is 2.66. The third-order valence-corrected chi connectivity index (χ3v) is 3.75. The van der Waals surface area contributed by atoms with Crippen LogP contribution < -0.4 is 11.1 Å². The van der Waals surface area contributed by atoms with Gasteiger partial charge in [-0.05, 0) is 38.9 Å². The van der Waals surface area contributed by atoms with Crippen LogP contribution in [0.2, 0.25) is 5.02 Å². The van der Waals surface area contributed by atoms with Crippen LogP contribution in [0.5, 0.6) is 0 Å². The van der Waals surface area contributed by atoms with Crippen LogP contribution in [0.4, 0.5) is 11.4 Å². The molecule has 1 aromatic rings. The molecule has 2 rings (SSSR count). The number of benzene rings is 1. The molecule has 0 heterocycles. The molecule has 0 radical (unpaired) electrons. The van der Waals surface area contributed by atoms with Gasteiger partial charge < -0.3 is 11.1 Å². The van der Waals surface area contributed by atoms with Crippen LogP contribution in [-0.4, -0.2) is 30.6 Å². The van der Waals surface area contributed by atoms with Crippen molar-refractivity contribution in [1.82, 2.24) is 4.90 Å². The van der Waals surface area contributed by atoms with Gasteiger partial charge in [0.1, 0.15) is 0 Å². The summed E-state index contributed by atoms with van der Waals surface area (Å²) in [7, 11) is 2.18. The fraction of sp³-hybridized carbons (Fsp3) is 0.538. The second-order valence-electron chi connectivity index (χ2n) is 4.83. The first-order valence-electron chi connectivity index (χ1n) is 6.09. The molecule has 1 aliphatic carbocycles. The van der Waals surface area contributed by atoms with E-state index in [0.29, 0.717) is 16.8 Å². The first kappa shape index (κ1) is 12.5. The van der Waals surface area contributed by atoms with Gasteiger partial charge in [-0.1, -0.05) is 17.7 Å². The van der Waals surface area contributed by atoms with Gasteiger partial charge in [-0.25, -0.2) is 0 Å². The number of halogens is 1. The molecule has 3 nitrogen and oxygen atoms in total. The number of hydrogen-bond donors (Lipinski definition) is 2. The number of nitrogens with one attached hydrogen (secondary N) is 1. The molecular formula is C13H20ClN3. The van der Waals surface area contributed by atoms with Crippen molar-refractivity contribution in [2.75, 3.05) is 24.6 Å². The van der Waals surface area contributed by atoms with Crippen molar-refractivity contribution in [2.45, 2.75) is 31.8 Å². The lowest BCUT2D eigenvalue weighted by Gasteiger charge is -2.25. The number of hydrogen-bond acceptors (Lipinski definition) is 3. The monoisotopic (exact) mass is 253 g/mol. The average molecular weight is 254 g/mol. The summed E-state index contributed by atoms with van der Waals surface area (Å²) in [5, 5.41) is 4.03. The summed E-state index contributed by atoms with van der Waals surface area (Å²) in [6.45, 7) is 3.08. The molecule has 1 saturated carbocycles. The van der Waals surface area contributed by atoms with Crippen molar-refractivity contribution in [3.05, 3.63) is 23.2 Å². The maximum absolute atomic E-state index is 6.11. The molecule has 1 fully saturated rings. The Kier molecular flexibility index (Phi) is 3.79. The minimum atomic E-state index is 0.484. The van der Waals surface area contributed by atoms with E-state index in [0.717, 1.165) is 18.3 Å². The molecule has 1 unspecified atom stereocenters. The van der Waals surface area contributed by atoms with Crippen LogP contribution in [0, 0.1) is 0 Å². The predicted octanol–water partition coefficient (Wildman–Crippen LogP) is 2.82. The highest BCUT2D eigenvalue weighted by Gasteiger charge is 2.28. The molecular weight excluding hydrogens is 234 g/mol. The Morgan fingerprint density at radius 3 is 2.82 bits per heavy atom. The van der Waals surface area contributed by atoms with Crippen LogP contribution in [-0.2, 0) is 0 Å². The minimum absolute atomic E-state index is 0.484. The molecule has 0 aliphatic heterocycles. The lowest BCUT2D eigenvalue weighted by molar-refractivity contribution is 0.257. The van der Waals surface area contributed by atoms with Gasteiger partial charge in [0.2, 0.25) is 0 Å². The highest BCUT2D eigenvalue weighted by Crippen LogP contribution is 2.29. The number of nitrogens with two attached hydrogens (primary N) is 1. The summed E-state index contributed by atoms with van der Waals surface area (Å²) in [5.41, 5.74) is 7.45. The molecule has 94 valence electrons. The molecule has 3 N–H and O–H groups in total. The SMILES string of the molecule is CC(CNc1c(N)cccc1Cl)N(C)C1CC1. The van der Waals surface area contributed by atoms with Crippen LogP contribution in [0.15, 0.2) is 18.2 Å². The van der Waals surface area contributed by atoms with Gasteiger partial charge >= 0.3 is 0 Å². The largest absolute Gasteiger partial charge is 0.397 e. The number of anilines is 2. The molecule has 0 spiro atoms. The molecule has 0 bridgehead atoms. The van der Waals surface area contributed by atoms with E-state index in [4.69, 9.17) is 17.3 Å². The van der Waals surface area contributed by atoms with E-state index in [1.165, 1.54) is 12.8 Å². The van der Waals surface area contributed by atoms with Crippen LogP contribution in [0.1, 0.15) is 19.8 Å².